The van der Waals surface area contributed by atoms with Gasteiger partial charge >= 0.3 is 0 Å². The summed E-state index contributed by atoms with van der Waals surface area (Å²) in [6.07, 6.45) is 5.02. The molecule has 1 unspecified atom stereocenters. The number of hydrogen-bond donors (Lipinski definition) is 3. The summed E-state index contributed by atoms with van der Waals surface area (Å²) >= 11 is 0. The molecule has 2 aromatic carbocycles. The van der Waals surface area contributed by atoms with Crippen molar-refractivity contribution in [3.05, 3.63) is 72.9 Å². The molecule has 29 heavy (non-hydrogen) atoms. The third kappa shape index (κ3) is 4.16. The molecule has 0 saturated heterocycles. The van der Waals surface area contributed by atoms with Crippen LogP contribution in [0.5, 0.6) is 0 Å². The fraction of sp³-hybridized carbons (Fsp3) is 0.143. The van der Waals surface area contributed by atoms with Crippen LogP contribution in [0.1, 0.15) is 18.5 Å². The second-order valence-corrected chi connectivity index (χ2v) is 6.70. The first kappa shape index (κ1) is 18.4. The number of fused-ring (bicyclic) bond motifs is 1. The Kier molecular flexibility index (Phi) is 5.07. The van der Waals surface area contributed by atoms with E-state index in [4.69, 9.17) is 0 Å². The van der Waals surface area contributed by atoms with Gasteiger partial charge in [0, 0.05) is 28.5 Å². The summed E-state index contributed by atoms with van der Waals surface area (Å²) in [5.41, 5.74) is 3.26. The Morgan fingerprint density at radius 1 is 1.07 bits per heavy atom. The molecule has 0 radical (unpaired) electrons. The van der Waals surface area contributed by atoms with E-state index >= 15 is 0 Å². The molecule has 146 valence electrons. The van der Waals surface area contributed by atoms with Crippen molar-refractivity contribution in [3.63, 3.8) is 0 Å². The van der Waals surface area contributed by atoms with Crippen LogP contribution in [0.3, 0.4) is 0 Å². The number of hydrogen-bond acceptors (Lipinski definition) is 4. The van der Waals surface area contributed by atoms with Gasteiger partial charge in [-0.25, -0.2) is 9.67 Å². The van der Waals surface area contributed by atoms with Crippen LogP contribution >= 0.6 is 0 Å². The van der Waals surface area contributed by atoms with Crippen LogP contribution in [-0.4, -0.2) is 31.6 Å². The molecule has 2 amide bonds. The normalized spacial score (nSPS) is 11.9. The number of anilines is 2. The van der Waals surface area contributed by atoms with Crippen molar-refractivity contribution >= 4 is 34.1 Å². The Labute approximate surface area is 167 Å². The zero-order valence-corrected chi connectivity index (χ0v) is 15.8. The molecule has 0 bridgehead atoms. The SMILES string of the molecule is CC(C(=O)Nc1ccc(NC(=O)Cc2c[nH]c3ccccc23)cc1)n1cncn1. The number of benzene rings is 2. The molecule has 4 aromatic rings. The maximum atomic E-state index is 12.4. The lowest BCUT2D eigenvalue weighted by Crippen LogP contribution is -2.24. The largest absolute Gasteiger partial charge is 0.361 e. The van der Waals surface area contributed by atoms with Gasteiger partial charge in [0.2, 0.25) is 11.8 Å². The van der Waals surface area contributed by atoms with Gasteiger partial charge in [-0.2, -0.15) is 5.10 Å². The van der Waals surface area contributed by atoms with Crippen LogP contribution in [0.2, 0.25) is 0 Å². The Hall–Kier alpha value is -3.94. The predicted molar refractivity (Wildman–Crippen MR) is 110 cm³/mol. The van der Waals surface area contributed by atoms with Gasteiger partial charge in [-0.1, -0.05) is 18.2 Å². The standard InChI is InChI=1S/C21H20N6O2/c1-14(27-13-22-12-24-27)21(29)26-17-8-6-16(7-9-17)25-20(28)10-15-11-23-19-5-3-2-4-18(15)19/h2-9,11-14,23H,10H2,1H3,(H,25,28)(H,26,29). The summed E-state index contributed by atoms with van der Waals surface area (Å²) in [6.45, 7) is 1.74. The van der Waals surface area contributed by atoms with Gasteiger partial charge in [-0.3, -0.25) is 9.59 Å². The molecule has 8 nitrogen and oxygen atoms in total. The molecular weight excluding hydrogens is 368 g/mol. The zero-order chi connectivity index (χ0) is 20.2. The van der Waals surface area contributed by atoms with Crippen LogP contribution in [0.4, 0.5) is 11.4 Å². The van der Waals surface area contributed by atoms with E-state index in [-0.39, 0.29) is 18.2 Å². The Bertz CT molecular complexity index is 1130. The van der Waals surface area contributed by atoms with Crippen LogP contribution in [-0.2, 0) is 16.0 Å². The highest BCUT2D eigenvalue weighted by molar-refractivity contribution is 5.96. The summed E-state index contributed by atoms with van der Waals surface area (Å²) in [6, 6.07) is 14.4. The van der Waals surface area contributed by atoms with E-state index in [1.165, 1.54) is 17.3 Å². The number of para-hydroxylation sites is 1. The minimum absolute atomic E-state index is 0.105. The molecule has 1 atom stereocenters. The molecular formula is C21H20N6O2. The fourth-order valence-corrected chi connectivity index (χ4v) is 3.08. The molecule has 2 aromatic heterocycles. The lowest BCUT2D eigenvalue weighted by molar-refractivity contribution is -0.119. The van der Waals surface area contributed by atoms with E-state index in [0.717, 1.165) is 16.5 Å². The van der Waals surface area contributed by atoms with Gasteiger partial charge in [0.25, 0.3) is 0 Å². The van der Waals surface area contributed by atoms with Crippen LogP contribution in [0, 0.1) is 0 Å². The number of aromatic nitrogens is 4. The Morgan fingerprint density at radius 3 is 2.52 bits per heavy atom. The minimum atomic E-state index is -0.479. The summed E-state index contributed by atoms with van der Waals surface area (Å²) in [5.74, 6) is -0.307. The quantitative estimate of drug-likeness (QED) is 0.472. The van der Waals surface area contributed by atoms with E-state index in [1.807, 2.05) is 30.5 Å². The van der Waals surface area contributed by atoms with Crippen molar-refractivity contribution in [3.8, 4) is 0 Å². The summed E-state index contributed by atoms with van der Waals surface area (Å²) < 4.78 is 1.48. The highest BCUT2D eigenvalue weighted by Gasteiger charge is 2.15. The molecule has 2 heterocycles. The minimum Gasteiger partial charge on any atom is -0.361 e. The molecule has 3 N–H and O–H groups in total. The number of nitrogens with zero attached hydrogens (tertiary/aromatic N) is 3. The molecule has 0 saturated carbocycles. The van der Waals surface area contributed by atoms with Crippen molar-refractivity contribution in [2.24, 2.45) is 0 Å². The van der Waals surface area contributed by atoms with E-state index in [1.54, 1.807) is 31.2 Å². The van der Waals surface area contributed by atoms with Gasteiger partial charge in [0.1, 0.15) is 18.7 Å². The molecule has 0 aliphatic rings. The average molecular weight is 388 g/mol. The second kappa shape index (κ2) is 7.97. The Balaban J connectivity index is 1.35. The maximum absolute atomic E-state index is 12.4. The Morgan fingerprint density at radius 2 is 1.79 bits per heavy atom. The lowest BCUT2D eigenvalue weighted by atomic mass is 10.1. The number of nitrogens with one attached hydrogen (secondary N) is 3. The first-order valence-corrected chi connectivity index (χ1v) is 9.20. The van der Waals surface area contributed by atoms with E-state index in [0.29, 0.717) is 11.4 Å². The molecule has 0 fully saturated rings. The zero-order valence-electron chi connectivity index (χ0n) is 15.8. The van der Waals surface area contributed by atoms with Gasteiger partial charge in [-0.15, -0.1) is 0 Å². The fourth-order valence-electron chi connectivity index (χ4n) is 3.08. The van der Waals surface area contributed by atoms with Gasteiger partial charge in [0.05, 0.1) is 6.42 Å². The second-order valence-electron chi connectivity index (χ2n) is 6.70. The number of carbonyl (C=O) groups is 2. The van der Waals surface area contributed by atoms with E-state index in [2.05, 4.69) is 25.7 Å². The highest BCUT2D eigenvalue weighted by Crippen LogP contribution is 2.19. The number of carbonyl (C=O) groups excluding carboxylic acids is 2. The summed E-state index contributed by atoms with van der Waals surface area (Å²) in [5, 5.41) is 10.7. The number of amides is 2. The van der Waals surface area contributed by atoms with E-state index < -0.39 is 6.04 Å². The van der Waals surface area contributed by atoms with Crippen LogP contribution in [0.15, 0.2) is 67.4 Å². The first-order chi connectivity index (χ1) is 14.1. The van der Waals surface area contributed by atoms with E-state index in [9.17, 15) is 9.59 Å². The van der Waals surface area contributed by atoms with Crippen LogP contribution in [0.25, 0.3) is 10.9 Å². The topological polar surface area (TPSA) is 105 Å². The number of rotatable bonds is 6. The number of H-pyrrole nitrogens is 1. The van der Waals surface area contributed by atoms with Gasteiger partial charge in [0.15, 0.2) is 0 Å². The number of aromatic amines is 1. The summed E-state index contributed by atoms with van der Waals surface area (Å²) in [4.78, 5) is 31.7. The third-order valence-electron chi connectivity index (χ3n) is 4.67. The van der Waals surface area contributed by atoms with Gasteiger partial charge in [-0.05, 0) is 42.8 Å². The molecule has 0 aliphatic carbocycles. The predicted octanol–water partition coefficient (Wildman–Crippen LogP) is 3.14. The lowest BCUT2D eigenvalue weighted by Gasteiger charge is -2.12. The van der Waals surface area contributed by atoms with Crippen LogP contribution < -0.4 is 10.6 Å². The third-order valence-corrected chi connectivity index (χ3v) is 4.67. The molecule has 0 aliphatic heterocycles. The maximum Gasteiger partial charge on any atom is 0.249 e. The van der Waals surface area contributed by atoms with Gasteiger partial charge < -0.3 is 15.6 Å². The average Bonchev–Trinajstić information content (AvgIpc) is 3.39. The highest BCUT2D eigenvalue weighted by atomic mass is 16.2. The van der Waals surface area contributed by atoms with Crippen molar-refractivity contribution < 1.29 is 9.59 Å². The monoisotopic (exact) mass is 388 g/mol. The molecule has 4 rings (SSSR count). The van der Waals surface area contributed by atoms with Crippen molar-refractivity contribution in [2.45, 2.75) is 19.4 Å². The first-order valence-electron chi connectivity index (χ1n) is 9.20. The molecule has 8 heteroatoms. The van der Waals surface area contributed by atoms with Crippen molar-refractivity contribution in [1.29, 1.82) is 0 Å². The summed E-state index contributed by atoms with van der Waals surface area (Å²) in [7, 11) is 0. The smallest absolute Gasteiger partial charge is 0.249 e. The van der Waals surface area contributed by atoms with Crippen molar-refractivity contribution in [1.82, 2.24) is 19.7 Å². The molecule has 0 spiro atoms. The van der Waals surface area contributed by atoms with Crippen molar-refractivity contribution in [2.75, 3.05) is 10.6 Å².